The molecule has 164 valence electrons. The molecule has 1 aliphatic heterocycles. The number of anilines is 2. The maximum atomic E-state index is 13.0. The molecule has 2 aromatic carbocycles. The second-order valence-corrected chi connectivity index (χ2v) is 7.45. The third-order valence-corrected chi connectivity index (χ3v) is 4.83. The fraction of sp³-hybridized carbons (Fsp3) is 0.318. The molecule has 0 aromatic heterocycles. The van der Waals surface area contributed by atoms with Gasteiger partial charge in [0.25, 0.3) is 5.91 Å². The van der Waals surface area contributed by atoms with Crippen LogP contribution in [0.1, 0.15) is 23.1 Å². The molecule has 0 aliphatic carbocycles. The molecule has 31 heavy (non-hydrogen) atoms. The minimum absolute atomic E-state index is 0.0651. The van der Waals surface area contributed by atoms with Crippen LogP contribution in [0.5, 0.6) is 0 Å². The number of hydrogen-bond donors (Lipinski definition) is 1. The first kappa shape index (κ1) is 22.3. The van der Waals surface area contributed by atoms with Crippen molar-refractivity contribution in [2.24, 2.45) is 5.92 Å². The van der Waals surface area contributed by atoms with Gasteiger partial charge in [-0.3, -0.25) is 14.4 Å². The van der Waals surface area contributed by atoms with Crippen LogP contribution in [0, 0.1) is 19.8 Å². The zero-order valence-corrected chi connectivity index (χ0v) is 17.0. The number of ether oxygens (including phenoxy) is 1. The van der Waals surface area contributed by atoms with E-state index in [0.29, 0.717) is 5.69 Å². The first-order valence-corrected chi connectivity index (χ1v) is 9.56. The number of aryl methyl sites for hydroxylation is 2. The average Bonchev–Trinajstić information content (AvgIpc) is 3.07. The Morgan fingerprint density at radius 2 is 1.77 bits per heavy atom. The lowest BCUT2D eigenvalue weighted by molar-refractivity contribution is -0.151. The van der Waals surface area contributed by atoms with E-state index < -0.39 is 41.8 Å². The Hall–Kier alpha value is -3.36. The molecule has 1 saturated heterocycles. The number of hydrogen-bond acceptors (Lipinski definition) is 4. The van der Waals surface area contributed by atoms with Gasteiger partial charge in [0, 0.05) is 18.7 Å². The normalized spacial score (nSPS) is 16.4. The van der Waals surface area contributed by atoms with E-state index in [1.54, 1.807) is 0 Å². The minimum atomic E-state index is -4.64. The molecule has 0 spiro atoms. The van der Waals surface area contributed by atoms with E-state index in [0.717, 1.165) is 23.3 Å². The molecule has 1 heterocycles. The van der Waals surface area contributed by atoms with Gasteiger partial charge in [-0.1, -0.05) is 18.2 Å². The second-order valence-electron chi connectivity index (χ2n) is 7.45. The topological polar surface area (TPSA) is 75.7 Å². The fourth-order valence-corrected chi connectivity index (χ4v) is 3.50. The van der Waals surface area contributed by atoms with Gasteiger partial charge in [-0.05, 0) is 49.2 Å². The van der Waals surface area contributed by atoms with Gasteiger partial charge in [0.15, 0.2) is 6.61 Å². The fourth-order valence-electron chi connectivity index (χ4n) is 3.50. The lowest BCUT2D eigenvalue weighted by Gasteiger charge is -2.18. The van der Waals surface area contributed by atoms with Gasteiger partial charge in [0.2, 0.25) is 5.91 Å². The quantitative estimate of drug-likeness (QED) is 0.726. The first-order chi connectivity index (χ1) is 14.5. The Morgan fingerprint density at radius 3 is 2.42 bits per heavy atom. The van der Waals surface area contributed by atoms with E-state index in [1.807, 2.05) is 32.0 Å². The summed E-state index contributed by atoms with van der Waals surface area (Å²) < 4.78 is 44.0. The van der Waals surface area contributed by atoms with Crippen molar-refractivity contribution in [3.63, 3.8) is 0 Å². The van der Waals surface area contributed by atoms with Crippen LogP contribution >= 0.6 is 0 Å². The number of carbonyl (C=O) groups excluding carboxylic acids is 3. The molecular weight excluding hydrogens is 413 g/mol. The zero-order chi connectivity index (χ0) is 22.8. The molecule has 2 aromatic rings. The summed E-state index contributed by atoms with van der Waals surface area (Å²) in [5, 5.41) is 2.11. The van der Waals surface area contributed by atoms with Gasteiger partial charge in [0.05, 0.1) is 17.2 Å². The van der Waals surface area contributed by atoms with Crippen molar-refractivity contribution in [3.05, 3.63) is 59.2 Å². The predicted molar refractivity (Wildman–Crippen MR) is 107 cm³/mol. The maximum Gasteiger partial charge on any atom is 0.418 e. The highest BCUT2D eigenvalue weighted by Crippen LogP contribution is 2.34. The molecule has 1 N–H and O–H groups in total. The van der Waals surface area contributed by atoms with E-state index in [-0.39, 0.29) is 18.9 Å². The van der Waals surface area contributed by atoms with Crippen LogP contribution in [0.2, 0.25) is 0 Å². The van der Waals surface area contributed by atoms with Gasteiger partial charge in [-0.2, -0.15) is 13.2 Å². The number of amides is 2. The van der Waals surface area contributed by atoms with Crippen molar-refractivity contribution in [1.82, 2.24) is 0 Å². The Balaban J connectivity index is 1.58. The smallest absolute Gasteiger partial charge is 0.418 e. The van der Waals surface area contributed by atoms with Crippen LogP contribution < -0.4 is 10.2 Å². The van der Waals surface area contributed by atoms with Gasteiger partial charge in [0.1, 0.15) is 0 Å². The van der Waals surface area contributed by atoms with Gasteiger partial charge in [-0.25, -0.2) is 0 Å². The molecule has 3 rings (SSSR count). The summed E-state index contributed by atoms with van der Waals surface area (Å²) in [4.78, 5) is 38.2. The molecule has 0 bridgehead atoms. The number of nitrogens with one attached hydrogen (secondary N) is 1. The summed E-state index contributed by atoms with van der Waals surface area (Å²) in [5.74, 6) is -2.65. The Bertz CT molecular complexity index is 1000. The van der Waals surface area contributed by atoms with Gasteiger partial charge in [-0.15, -0.1) is 0 Å². The van der Waals surface area contributed by atoms with Crippen molar-refractivity contribution in [2.75, 3.05) is 23.4 Å². The summed E-state index contributed by atoms with van der Waals surface area (Å²) in [6.07, 6.45) is -4.70. The van der Waals surface area contributed by atoms with Crippen LogP contribution in [0.15, 0.2) is 42.5 Å². The Labute approximate surface area is 177 Å². The highest BCUT2D eigenvalue weighted by Gasteiger charge is 2.37. The third-order valence-electron chi connectivity index (χ3n) is 4.83. The van der Waals surface area contributed by atoms with E-state index in [4.69, 9.17) is 4.74 Å². The molecule has 1 aliphatic rings. The Kier molecular flexibility index (Phi) is 6.33. The monoisotopic (exact) mass is 434 g/mol. The standard InChI is InChI=1S/C22H21F3N2O4/c1-13-7-14(2)9-16(8-13)27-11-15(10-20(27)29)21(30)31-12-19(28)26-18-6-4-3-5-17(18)22(23,24)25/h3-9,15H,10-12H2,1-2H3,(H,26,28)/t15-/m1/s1. The molecule has 1 fully saturated rings. The van der Waals surface area contributed by atoms with Crippen LogP contribution in [-0.2, 0) is 25.3 Å². The molecule has 2 amide bonds. The lowest BCUT2D eigenvalue weighted by atomic mass is 10.1. The van der Waals surface area contributed by atoms with Crippen molar-refractivity contribution in [2.45, 2.75) is 26.4 Å². The third kappa shape index (κ3) is 5.42. The molecule has 9 heteroatoms. The maximum absolute atomic E-state index is 13.0. The number of carbonyl (C=O) groups is 3. The van der Waals surface area contributed by atoms with E-state index in [9.17, 15) is 27.6 Å². The number of para-hydroxylation sites is 1. The first-order valence-electron chi connectivity index (χ1n) is 9.56. The lowest BCUT2D eigenvalue weighted by Crippen LogP contribution is -2.28. The number of nitrogens with zero attached hydrogens (tertiary/aromatic N) is 1. The number of rotatable bonds is 5. The van der Waals surface area contributed by atoms with Crippen molar-refractivity contribution in [3.8, 4) is 0 Å². The SMILES string of the molecule is Cc1cc(C)cc(N2C[C@H](C(=O)OCC(=O)Nc3ccccc3C(F)(F)F)CC2=O)c1. The van der Waals surface area contributed by atoms with Crippen LogP contribution in [0.3, 0.4) is 0 Å². The summed E-state index contributed by atoms with van der Waals surface area (Å²) in [5.41, 5.74) is 1.21. The van der Waals surface area contributed by atoms with Crippen LogP contribution in [-0.4, -0.2) is 30.9 Å². The van der Waals surface area contributed by atoms with Gasteiger partial charge < -0.3 is 15.0 Å². The van der Waals surface area contributed by atoms with Crippen molar-refractivity contribution < 1.29 is 32.3 Å². The molecule has 0 unspecified atom stereocenters. The van der Waals surface area contributed by atoms with Crippen molar-refractivity contribution >= 4 is 29.2 Å². The summed E-state index contributed by atoms with van der Waals surface area (Å²) in [7, 11) is 0. The summed E-state index contributed by atoms with van der Waals surface area (Å²) in [6.45, 7) is 3.16. The minimum Gasteiger partial charge on any atom is -0.455 e. The molecule has 0 radical (unpaired) electrons. The zero-order valence-electron chi connectivity index (χ0n) is 17.0. The number of alkyl halides is 3. The van der Waals surface area contributed by atoms with Crippen molar-refractivity contribution in [1.29, 1.82) is 0 Å². The number of halogens is 3. The summed E-state index contributed by atoms with van der Waals surface area (Å²) in [6, 6.07) is 10.1. The second kappa shape index (κ2) is 8.79. The van der Waals surface area contributed by atoms with Gasteiger partial charge >= 0.3 is 12.1 Å². The highest BCUT2D eigenvalue weighted by molar-refractivity contribution is 6.00. The Morgan fingerprint density at radius 1 is 1.13 bits per heavy atom. The van der Waals surface area contributed by atoms with E-state index in [2.05, 4.69) is 5.32 Å². The molecule has 0 saturated carbocycles. The molecule has 6 nitrogen and oxygen atoms in total. The number of benzene rings is 2. The van der Waals surface area contributed by atoms with E-state index in [1.165, 1.54) is 17.0 Å². The summed E-state index contributed by atoms with van der Waals surface area (Å²) >= 11 is 0. The van der Waals surface area contributed by atoms with E-state index >= 15 is 0 Å². The highest BCUT2D eigenvalue weighted by atomic mass is 19.4. The number of esters is 1. The average molecular weight is 434 g/mol. The largest absolute Gasteiger partial charge is 0.455 e. The van der Waals surface area contributed by atoms with Crippen LogP contribution in [0.4, 0.5) is 24.5 Å². The molecular formula is C22H21F3N2O4. The predicted octanol–water partition coefficient (Wildman–Crippen LogP) is 3.86. The van der Waals surface area contributed by atoms with Crippen LogP contribution in [0.25, 0.3) is 0 Å². The molecule has 1 atom stereocenters.